The van der Waals surface area contributed by atoms with Crippen LogP contribution in [0.1, 0.15) is 0 Å². The fourth-order valence-corrected chi connectivity index (χ4v) is 3.62. The number of hydrogen-bond acceptors (Lipinski definition) is 3. The number of pyridine rings is 1. The van der Waals surface area contributed by atoms with Crippen molar-refractivity contribution in [2.75, 3.05) is 4.72 Å². The highest BCUT2D eigenvalue weighted by molar-refractivity contribution is 7.93. The molecule has 1 aromatic heterocycles. The molecule has 3 aromatic rings. The Bertz CT molecular complexity index is 905. The Morgan fingerprint density at radius 1 is 1.00 bits per heavy atom. The summed E-state index contributed by atoms with van der Waals surface area (Å²) in [6.07, 6.45) is 3.20. The Balaban J connectivity index is 2.11. The molecule has 0 bridgehead atoms. The van der Waals surface area contributed by atoms with Crippen LogP contribution in [0.4, 0.5) is 5.69 Å². The monoisotopic (exact) mass is 318 g/mol. The highest BCUT2D eigenvalue weighted by Gasteiger charge is 2.18. The van der Waals surface area contributed by atoms with Gasteiger partial charge < -0.3 is 0 Å². The third kappa shape index (κ3) is 2.70. The number of rotatable bonds is 3. The molecule has 4 nitrogen and oxygen atoms in total. The maximum absolute atomic E-state index is 12.6. The number of hydrogen-bond donors (Lipinski definition) is 1. The molecule has 2 aromatic carbocycles. The second-order valence-corrected chi connectivity index (χ2v) is 6.50. The molecule has 0 saturated heterocycles. The van der Waals surface area contributed by atoms with Crippen LogP contribution in [0.5, 0.6) is 0 Å². The van der Waals surface area contributed by atoms with Crippen LogP contribution < -0.4 is 4.72 Å². The number of halogens is 1. The molecular weight excluding hydrogens is 308 g/mol. The van der Waals surface area contributed by atoms with Gasteiger partial charge in [-0.15, -0.1) is 0 Å². The van der Waals surface area contributed by atoms with Crippen LogP contribution in [0.15, 0.2) is 65.8 Å². The normalized spacial score (nSPS) is 11.5. The molecule has 3 rings (SSSR count). The molecule has 1 N–H and O–H groups in total. The maximum atomic E-state index is 12.6. The van der Waals surface area contributed by atoms with E-state index in [4.69, 9.17) is 11.6 Å². The van der Waals surface area contributed by atoms with E-state index in [1.165, 1.54) is 0 Å². The van der Waals surface area contributed by atoms with Crippen LogP contribution in [-0.2, 0) is 10.0 Å². The molecule has 0 aliphatic rings. The smallest absolute Gasteiger partial charge is 0.262 e. The molecule has 0 unspecified atom stereocenters. The number of nitrogens with zero attached hydrogens (tertiary/aromatic N) is 1. The van der Waals surface area contributed by atoms with Gasteiger partial charge in [-0.1, -0.05) is 35.9 Å². The summed E-state index contributed by atoms with van der Waals surface area (Å²) in [5.41, 5.74) is 0.352. The molecule has 0 atom stereocenters. The molecule has 0 fully saturated rings. The van der Waals surface area contributed by atoms with Crippen LogP contribution in [0.3, 0.4) is 0 Å². The molecule has 6 heteroatoms. The summed E-state index contributed by atoms with van der Waals surface area (Å²) in [7, 11) is -3.72. The van der Waals surface area contributed by atoms with E-state index in [9.17, 15) is 8.42 Å². The molecule has 0 saturated carbocycles. The fourth-order valence-electron chi connectivity index (χ4n) is 2.07. The summed E-state index contributed by atoms with van der Waals surface area (Å²) in [5.74, 6) is 0. The van der Waals surface area contributed by atoms with Gasteiger partial charge in [-0.2, -0.15) is 0 Å². The van der Waals surface area contributed by atoms with Gasteiger partial charge in [-0.25, -0.2) is 8.42 Å². The molecule has 0 aliphatic carbocycles. The number of benzene rings is 2. The largest absolute Gasteiger partial charge is 0.278 e. The molecule has 0 amide bonds. The van der Waals surface area contributed by atoms with Crippen LogP contribution in [0, 0.1) is 0 Å². The zero-order valence-electron chi connectivity index (χ0n) is 10.8. The summed E-state index contributed by atoms with van der Waals surface area (Å²) in [6, 6.07) is 13.4. The summed E-state index contributed by atoms with van der Waals surface area (Å²) in [5, 5.41) is 1.73. The Morgan fingerprint density at radius 2 is 1.81 bits per heavy atom. The quantitative estimate of drug-likeness (QED) is 0.801. The van der Waals surface area contributed by atoms with E-state index < -0.39 is 10.0 Å². The van der Waals surface area contributed by atoms with Crippen LogP contribution in [0.2, 0.25) is 5.02 Å². The number of aromatic nitrogens is 1. The van der Waals surface area contributed by atoms with Crippen molar-refractivity contribution in [1.29, 1.82) is 0 Å². The zero-order chi connectivity index (χ0) is 14.9. The van der Waals surface area contributed by atoms with Crippen molar-refractivity contribution < 1.29 is 8.42 Å². The molecule has 21 heavy (non-hydrogen) atoms. The average Bonchev–Trinajstić information content (AvgIpc) is 2.49. The molecule has 1 heterocycles. The lowest BCUT2D eigenvalue weighted by Gasteiger charge is -2.11. The second kappa shape index (κ2) is 5.35. The first-order valence-corrected chi connectivity index (χ1v) is 8.04. The minimum atomic E-state index is -3.72. The van der Waals surface area contributed by atoms with Crippen molar-refractivity contribution in [2.24, 2.45) is 0 Å². The van der Waals surface area contributed by atoms with Gasteiger partial charge in [0, 0.05) is 23.2 Å². The number of nitrogens with one attached hydrogen (secondary N) is 1. The van der Waals surface area contributed by atoms with Gasteiger partial charge in [0.05, 0.1) is 15.6 Å². The molecular formula is C15H11ClN2O2S. The van der Waals surface area contributed by atoms with E-state index in [0.29, 0.717) is 16.1 Å². The van der Waals surface area contributed by atoms with E-state index in [1.807, 2.05) is 6.07 Å². The second-order valence-electron chi connectivity index (χ2n) is 4.44. The molecule has 0 spiro atoms. The minimum absolute atomic E-state index is 0.197. The first-order valence-electron chi connectivity index (χ1n) is 6.18. The van der Waals surface area contributed by atoms with Crippen molar-refractivity contribution in [3.05, 3.63) is 65.9 Å². The van der Waals surface area contributed by atoms with Gasteiger partial charge in [0.1, 0.15) is 0 Å². The molecule has 0 aliphatic heterocycles. The van der Waals surface area contributed by atoms with Gasteiger partial charge in [0.25, 0.3) is 10.0 Å². The van der Waals surface area contributed by atoms with Gasteiger partial charge in [0.15, 0.2) is 0 Å². The summed E-state index contributed by atoms with van der Waals surface area (Å²) in [6.45, 7) is 0. The molecule has 0 radical (unpaired) electrons. The van der Waals surface area contributed by atoms with Crippen molar-refractivity contribution in [3.8, 4) is 0 Å². The minimum Gasteiger partial charge on any atom is -0.278 e. The van der Waals surface area contributed by atoms with Crippen LogP contribution in [-0.4, -0.2) is 13.4 Å². The van der Waals surface area contributed by atoms with Crippen LogP contribution in [0.25, 0.3) is 10.8 Å². The third-order valence-corrected chi connectivity index (χ3v) is 4.80. The first kappa shape index (κ1) is 13.9. The lowest BCUT2D eigenvalue weighted by atomic mass is 10.2. The fraction of sp³-hybridized carbons (Fsp3) is 0. The van der Waals surface area contributed by atoms with Crippen molar-refractivity contribution in [1.82, 2.24) is 4.98 Å². The number of fused-ring (bicyclic) bond motifs is 1. The van der Waals surface area contributed by atoms with E-state index in [0.717, 1.165) is 5.39 Å². The number of para-hydroxylation sites is 1. The van der Waals surface area contributed by atoms with Crippen LogP contribution >= 0.6 is 11.6 Å². The highest BCUT2D eigenvalue weighted by Crippen LogP contribution is 2.27. The van der Waals surface area contributed by atoms with Crippen molar-refractivity contribution >= 4 is 38.1 Å². The van der Waals surface area contributed by atoms with Gasteiger partial charge in [-0.3, -0.25) is 9.71 Å². The predicted molar refractivity (Wildman–Crippen MR) is 84.0 cm³/mol. The van der Waals surface area contributed by atoms with Gasteiger partial charge >= 0.3 is 0 Å². The topological polar surface area (TPSA) is 59.1 Å². The Labute approximate surface area is 127 Å². The van der Waals surface area contributed by atoms with Crippen molar-refractivity contribution in [2.45, 2.75) is 4.90 Å². The highest BCUT2D eigenvalue weighted by atomic mass is 35.5. The standard InChI is InChI=1S/C15H11ClN2O2S/c16-13-5-1-2-6-14(13)18-21(19,20)15-7-3-4-11-10-17-9-8-12(11)15/h1-10,18H. The predicted octanol–water partition coefficient (Wildman–Crippen LogP) is 3.69. The van der Waals surface area contributed by atoms with Gasteiger partial charge in [-0.05, 0) is 24.3 Å². The maximum Gasteiger partial charge on any atom is 0.262 e. The van der Waals surface area contributed by atoms with E-state index in [1.54, 1.807) is 54.9 Å². The summed E-state index contributed by atoms with van der Waals surface area (Å²) in [4.78, 5) is 4.19. The van der Waals surface area contributed by atoms with Gasteiger partial charge in [0.2, 0.25) is 0 Å². The zero-order valence-corrected chi connectivity index (χ0v) is 12.4. The van der Waals surface area contributed by atoms with E-state index >= 15 is 0 Å². The lowest BCUT2D eigenvalue weighted by Crippen LogP contribution is -2.13. The Hall–Kier alpha value is -2.11. The van der Waals surface area contributed by atoms with Crippen molar-refractivity contribution in [3.63, 3.8) is 0 Å². The lowest BCUT2D eigenvalue weighted by molar-refractivity contribution is 0.602. The Morgan fingerprint density at radius 3 is 2.62 bits per heavy atom. The number of sulfonamides is 1. The first-order chi connectivity index (χ1) is 10.1. The Kier molecular flexibility index (Phi) is 3.53. The summed E-state index contributed by atoms with van der Waals surface area (Å²) >= 11 is 6.00. The van der Waals surface area contributed by atoms with E-state index in [2.05, 4.69) is 9.71 Å². The third-order valence-electron chi connectivity index (χ3n) is 3.05. The number of anilines is 1. The summed E-state index contributed by atoms with van der Waals surface area (Å²) < 4.78 is 27.7. The average molecular weight is 319 g/mol. The molecule has 106 valence electrons. The van der Waals surface area contributed by atoms with E-state index in [-0.39, 0.29) is 4.90 Å². The SMILES string of the molecule is O=S(=O)(Nc1ccccc1Cl)c1cccc2cnccc12.